The number of ether oxygens (including phenoxy) is 2. The number of aryl methyl sites for hydroxylation is 1. The zero-order valence-corrected chi connectivity index (χ0v) is 21.2. The number of Topliss-reactive ketones (excluding diaryl/α,β-unsaturated/α-hetero) is 1. The monoisotopic (exact) mass is 505 g/mol. The number of nitrogens with zero attached hydrogens (tertiary/aromatic N) is 3. The van der Waals surface area contributed by atoms with E-state index < -0.39 is 17.7 Å². The molecule has 1 saturated heterocycles. The number of hydrogen-bond donors (Lipinski definition) is 1. The van der Waals surface area contributed by atoms with Crippen molar-refractivity contribution in [3.05, 3.63) is 69.7 Å². The summed E-state index contributed by atoms with van der Waals surface area (Å²) in [4.78, 5) is 28.0. The number of anilines is 1. The van der Waals surface area contributed by atoms with Crippen molar-refractivity contribution in [1.29, 1.82) is 0 Å². The van der Waals surface area contributed by atoms with Gasteiger partial charge in [-0.15, -0.1) is 10.2 Å². The molecule has 1 N–H and O–H groups in total. The van der Waals surface area contributed by atoms with E-state index in [2.05, 4.69) is 17.1 Å². The molecule has 0 bridgehead atoms. The van der Waals surface area contributed by atoms with Crippen LogP contribution in [0, 0.1) is 6.92 Å². The van der Waals surface area contributed by atoms with Gasteiger partial charge in [-0.2, -0.15) is 0 Å². The summed E-state index contributed by atoms with van der Waals surface area (Å²) < 4.78 is 11.7. The number of hydrogen-bond acceptors (Lipinski definition) is 8. The highest BCUT2D eigenvalue weighted by Gasteiger charge is 2.48. The summed E-state index contributed by atoms with van der Waals surface area (Å²) in [6.07, 6.45) is 2.66. The van der Waals surface area contributed by atoms with Crippen LogP contribution in [0.1, 0.15) is 54.4 Å². The van der Waals surface area contributed by atoms with Gasteiger partial charge in [-0.05, 0) is 61.7 Å². The molecule has 9 heteroatoms. The minimum atomic E-state index is -0.879. The average molecular weight is 506 g/mol. The molecule has 1 amide bonds. The maximum atomic E-state index is 13.4. The first-order chi connectivity index (χ1) is 17.4. The second-order valence-electron chi connectivity index (χ2n) is 9.00. The normalized spacial score (nSPS) is 20.5. The van der Waals surface area contributed by atoms with Crippen LogP contribution in [0.25, 0.3) is 5.76 Å². The van der Waals surface area contributed by atoms with E-state index in [4.69, 9.17) is 9.47 Å². The molecule has 3 heterocycles. The van der Waals surface area contributed by atoms with Gasteiger partial charge < -0.3 is 14.6 Å². The predicted octanol–water partition coefficient (Wildman–Crippen LogP) is 4.98. The fourth-order valence-corrected chi connectivity index (χ4v) is 5.28. The van der Waals surface area contributed by atoms with Gasteiger partial charge in [0.1, 0.15) is 28.4 Å². The molecule has 8 nitrogen and oxygen atoms in total. The number of fused-ring (bicyclic) bond motifs is 1. The molecule has 0 saturated carbocycles. The molecule has 36 heavy (non-hydrogen) atoms. The third-order valence-corrected chi connectivity index (χ3v) is 7.11. The molecule has 3 aromatic rings. The Labute approximate surface area is 213 Å². The van der Waals surface area contributed by atoms with Crippen LogP contribution >= 0.6 is 11.3 Å². The Morgan fingerprint density at radius 1 is 1.22 bits per heavy atom. The van der Waals surface area contributed by atoms with Crippen molar-refractivity contribution in [3.63, 3.8) is 0 Å². The van der Waals surface area contributed by atoms with E-state index in [9.17, 15) is 14.7 Å². The highest BCUT2D eigenvalue weighted by Crippen LogP contribution is 2.44. The van der Waals surface area contributed by atoms with Gasteiger partial charge in [-0.1, -0.05) is 36.8 Å². The maximum Gasteiger partial charge on any atom is 0.301 e. The summed E-state index contributed by atoms with van der Waals surface area (Å²) in [5.41, 5.74) is 2.04. The number of aliphatic hydroxyl groups is 1. The van der Waals surface area contributed by atoms with Crippen LogP contribution < -0.4 is 14.4 Å². The van der Waals surface area contributed by atoms with Crippen LogP contribution in [0.3, 0.4) is 0 Å². The largest absolute Gasteiger partial charge is 0.507 e. The Kier molecular flexibility index (Phi) is 6.49. The van der Waals surface area contributed by atoms with E-state index in [0.717, 1.165) is 24.2 Å². The molecular weight excluding hydrogens is 478 g/mol. The molecule has 2 atom stereocenters. The van der Waals surface area contributed by atoms with E-state index in [1.54, 1.807) is 25.1 Å². The number of amides is 1. The summed E-state index contributed by atoms with van der Waals surface area (Å²) in [6, 6.07) is 11.7. The molecule has 5 rings (SSSR count). The number of unbranched alkanes of at least 4 members (excludes halogenated alkanes) is 1. The van der Waals surface area contributed by atoms with E-state index in [-0.39, 0.29) is 17.4 Å². The zero-order valence-electron chi connectivity index (χ0n) is 20.4. The standard InChI is InChI=1S/C27H27N3O5S/c1-4-5-11-34-20-8-6-7-17(14-20)23-22(25(32)26(33)30(23)27-29-28-16(3)36-27)24(31)18-9-10-21-19(13-18)12-15(2)35-21/h6-10,13-15,23,31H,4-5,11-12H2,1-3H3/t15-,23-/m1/s1. The van der Waals surface area contributed by atoms with Crippen LogP contribution in [0.2, 0.25) is 0 Å². The lowest BCUT2D eigenvalue weighted by Crippen LogP contribution is -2.29. The first-order valence-corrected chi connectivity index (χ1v) is 12.8. The third-order valence-electron chi connectivity index (χ3n) is 6.28. The summed E-state index contributed by atoms with van der Waals surface area (Å²) in [7, 11) is 0. The third kappa shape index (κ3) is 4.35. The zero-order chi connectivity index (χ0) is 25.4. The smallest absolute Gasteiger partial charge is 0.301 e. The van der Waals surface area contributed by atoms with Crippen LogP contribution in [0.4, 0.5) is 5.13 Å². The van der Waals surface area contributed by atoms with Crippen molar-refractivity contribution in [3.8, 4) is 11.5 Å². The SMILES string of the molecule is CCCCOc1cccc([C@@H]2C(=C(O)c3ccc4c(c3)C[C@@H](C)O4)C(=O)C(=O)N2c2nnc(C)s2)c1. The molecule has 2 aromatic carbocycles. The number of aliphatic hydroxyl groups excluding tert-OH is 1. The molecule has 1 fully saturated rings. The molecule has 186 valence electrons. The van der Waals surface area contributed by atoms with Gasteiger partial charge in [0.15, 0.2) is 0 Å². The Morgan fingerprint density at radius 2 is 2.06 bits per heavy atom. The van der Waals surface area contributed by atoms with Gasteiger partial charge in [0.2, 0.25) is 5.13 Å². The van der Waals surface area contributed by atoms with Crippen molar-refractivity contribution in [2.24, 2.45) is 0 Å². The number of ketones is 1. The van der Waals surface area contributed by atoms with Gasteiger partial charge in [-0.3, -0.25) is 14.5 Å². The van der Waals surface area contributed by atoms with Crippen molar-refractivity contribution < 1.29 is 24.2 Å². The number of aromatic nitrogens is 2. The lowest BCUT2D eigenvalue weighted by molar-refractivity contribution is -0.132. The fraction of sp³-hybridized carbons (Fsp3) is 0.333. The second-order valence-corrected chi connectivity index (χ2v) is 10.2. The number of benzene rings is 2. The lowest BCUT2D eigenvalue weighted by atomic mass is 9.94. The highest BCUT2D eigenvalue weighted by atomic mass is 32.1. The van der Waals surface area contributed by atoms with Crippen molar-refractivity contribution in [2.75, 3.05) is 11.5 Å². The minimum Gasteiger partial charge on any atom is -0.507 e. The van der Waals surface area contributed by atoms with E-state index in [0.29, 0.717) is 40.0 Å². The summed E-state index contributed by atoms with van der Waals surface area (Å²) in [5, 5.41) is 20.6. The molecule has 1 aromatic heterocycles. The Morgan fingerprint density at radius 3 is 2.81 bits per heavy atom. The van der Waals surface area contributed by atoms with E-state index >= 15 is 0 Å². The minimum absolute atomic E-state index is 0.00507. The Bertz CT molecular complexity index is 1360. The average Bonchev–Trinajstić information content (AvgIpc) is 3.53. The molecule has 2 aliphatic rings. The summed E-state index contributed by atoms with van der Waals surface area (Å²) in [6.45, 7) is 6.40. The quantitative estimate of drug-likeness (QED) is 0.209. The van der Waals surface area contributed by atoms with Crippen LogP contribution in [-0.4, -0.2) is 39.7 Å². The topological polar surface area (TPSA) is 102 Å². The van der Waals surface area contributed by atoms with Crippen molar-refractivity contribution in [1.82, 2.24) is 10.2 Å². The fourth-order valence-electron chi connectivity index (χ4n) is 4.56. The Hall–Kier alpha value is -3.72. The number of carbonyl (C=O) groups is 2. The molecule has 2 aliphatic heterocycles. The maximum absolute atomic E-state index is 13.4. The lowest BCUT2D eigenvalue weighted by Gasteiger charge is -2.23. The summed E-state index contributed by atoms with van der Waals surface area (Å²) >= 11 is 1.21. The van der Waals surface area contributed by atoms with Gasteiger partial charge in [0, 0.05) is 12.0 Å². The van der Waals surface area contributed by atoms with Gasteiger partial charge in [0.05, 0.1) is 18.2 Å². The molecular formula is C27H27N3O5S. The first kappa shape index (κ1) is 24.0. The molecule has 0 radical (unpaired) electrons. The number of carbonyl (C=O) groups excluding carboxylic acids is 2. The van der Waals surface area contributed by atoms with Gasteiger partial charge in [-0.25, -0.2) is 0 Å². The van der Waals surface area contributed by atoms with Crippen molar-refractivity contribution in [2.45, 2.75) is 52.2 Å². The van der Waals surface area contributed by atoms with E-state index in [1.807, 2.05) is 31.2 Å². The van der Waals surface area contributed by atoms with Crippen molar-refractivity contribution >= 4 is 33.9 Å². The summed E-state index contributed by atoms with van der Waals surface area (Å²) in [5.74, 6) is -0.372. The highest BCUT2D eigenvalue weighted by molar-refractivity contribution is 7.15. The van der Waals surface area contributed by atoms with Crippen LogP contribution in [0.5, 0.6) is 11.5 Å². The molecule has 0 unspecified atom stereocenters. The molecule has 0 spiro atoms. The van der Waals surface area contributed by atoms with Crippen LogP contribution in [-0.2, 0) is 16.0 Å². The van der Waals surface area contributed by atoms with Gasteiger partial charge in [0.25, 0.3) is 5.78 Å². The van der Waals surface area contributed by atoms with E-state index in [1.165, 1.54) is 16.2 Å². The Balaban J connectivity index is 1.63. The first-order valence-electron chi connectivity index (χ1n) is 12.0. The number of rotatable bonds is 7. The molecule has 0 aliphatic carbocycles. The van der Waals surface area contributed by atoms with Crippen LogP contribution in [0.15, 0.2) is 48.0 Å². The second kappa shape index (κ2) is 9.73. The van der Waals surface area contributed by atoms with Gasteiger partial charge >= 0.3 is 5.91 Å². The predicted molar refractivity (Wildman–Crippen MR) is 137 cm³/mol.